The Bertz CT molecular complexity index is 2270. The zero-order valence-electron chi connectivity index (χ0n) is 34.6. The summed E-state index contributed by atoms with van der Waals surface area (Å²) in [6.07, 6.45) is -6.92. The fraction of sp³-hybridized carbons (Fsp3) is 0.476. The van der Waals surface area contributed by atoms with Crippen LogP contribution in [0.1, 0.15) is 83.9 Å². The van der Waals surface area contributed by atoms with Crippen LogP contribution in [0.25, 0.3) is 11.3 Å². The summed E-state index contributed by atoms with van der Waals surface area (Å²) in [4.78, 5) is 46.5. The summed E-state index contributed by atoms with van der Waals surface area (Å²) in [7, 11) is 0. The highest BCUT2D eigenvalue weighted by Gasteiger charge is 2.52. The number of unbranched alkanes of at least 4 members (excludes halogenated alkanes) is 1. The van der Waals surface area contributed by atoms with Crippen LogP contribution in [0.5, 0.6) is 5.75 Å². The Kier molecular flexibility index (Phi) is 13.9. The molecule has 2 aliphatic heterocycles. The maximum Gasteiger partial charge on any atom is 0.420 e. The summed E-state index contributed by atoms with van der Waals surface area (Å²) in [5.41, 5.74) is -9.19. The topological polar surface area (TPSA) is 128 Å². The minimum absolute atomic E-state index is 0.0344. The molecule has 2 aromatic carbocycles. The van der Waals surface area contributed by atoms with Gasteiger partial charge < -0.3 is 24.6 Å². The van der Waals surface area contributed by atoms with Gasteiger partial charge in [0.2, 0.25) is 11.8 Å². The van der Waals surface area contributed by atoms with Gasteiger partial charge in [0.25, 0.3) is 5.91 Å². The average Bonchev–Trinajstić information content (AvgIpc) is 3.67. The monoisotopic (exact) mass is 896 g/mol. The Hall–Kier alpha value is -5.42. The number of alkyl halides is 6. The van der Waals surface area contributed by atoms with Crippen molar-refractivity contribution in [2.75, 3.05) is 36.2 Å². The van der Waals surface area contributed by atoms with Crippen LogP contribution in [0.2, 0.25) is 0 Å². The van der Waals surface area contributed by atoms with Crippen molar-refractivity contribution < 1.29 is 59.0 Å². The number of ether oxygens (including phenoxy) is 2. The summed E-state index contributed by atoms with van der Waals surface area (Å²) in [6, 6.07) is 5.60. The van der Waals surface area contributed by atoms with Crippen molar-refractivity contribution in [1.82, 2.24) is 15.2 Å². The van der Waals surface area contributed by atoms with Crippen molar-refractivity contribution in [1.29, 1.82) is 5.26 Å². The Morgan fingerprint density at radius 3 is 2.29 bits per heavy atom. The minimum Gasteiger partial charge on any atom is -0.494 e. The largest absolute Gasteiger partial charge is 0.494 e. The summed E-state index contributed by atoms with van der Waals surface area (Å²) in [5, 5.41) is 11.3. The number of thiocarbonyl (C=S) groups is 1. The molecule has 2 atom stereocenters. The summed E-state index contributed by atoms with van der Waals surface area (Å²) in [6.45, 7) is 10.5. The third-order valence-corrected chi connectivity index (χ3v) is 10.9. The molecule has 0 saturated carbocycles. The molecule has 1 aromatic heterocycles. The van der Waals surface area contributed by atoms with E-state index in [9.17, 15) is 40.7 Å². The number of hydrogen-bond donors (Lipinski definition) is 1. The van der Waals surface area contributed by atoms with Gasteiger partial charge in [0, 0.05) is 30.8 Å². The van der Waals surface area contributed by atoms with Crippen molar-refractivity contribution >= 4 is 46.4 Å². The number of rotatable bonds is 13. The average molecular weight is 897 g/mol. The number of nitrogens with one attached hydrogen (secondary N) is 1. The first-order valence-electron chi connectivity index (χ1n) is 19.5. The van der Waals surface area contributed by atoms with Crippen LogP contribution in [0, 0.1) is 28.4 Å². The first kappa shape index (κ1) is 47.6. The molecule has 20 heteroatoms. The molecule has 2 fully saturated rings. The number of aromatic nitrogens is 1. The second kappa shape index (κ2) is 18.1. The fourth-order valence-corrected chi connectivity index (χ4v) is 7.81. The first-order valence-corrected chi connectivity index (χ1v) is 19.9. The van der Waals surface area contributed by atoms with Crippen LogP contribution >= 0.6 is 12.2 Å². The van der Waals surface area contributed by atoms with Crippen molar-refractivity contribution in [2.45, 2.75) is 97.2 Å². The fourth-order valence-electron chi connectivity index (χ4n) is 7.29. The number of halogens is 8. The van der Waals surface area contributed by atoms with Gasteiger partial charge in [-0.05, 0) is 94.4 Å². The molecule has 11 nitrogen and oxygen atoms in total. The number of benzene rings is 2. The van der Waals surface area contributed by atoms with Crippen molar-refractivity contribution in [3.63, 3.8) is 0 Å². The third kappa shape index (κ3) is 9.94. The number of carbonyl (C=O) groups excluding carboxylic acids is 3. The number of nitrogens with zero attached hydrogens (tertiary/aromatic N) is 5. The third-order valence-electron chi connectivity index (χ3n) is 10.5. The molecule has 0 radical (unpaired) electrons. The molecule has 5 rings (SSSR count). The molecule has 62 heavy (non-hydrogen) atoms. The number of likely N-dealkylation sites (tertiary alicyclic amines) is 1. The SMILES string of the molecule is CC1CCCN1C(=O)C(NC(=O)COCCCCOc1ccc(-c2ncc(N3C(=S)N(c4ccc(C#N)c(C(F)(F)F)c4F)C(=O)C3(C)C)cc2F)c(C(F)(F)F)c1)C(C)(C)C. The number of pyridine rings is 1. The predicted octanol–water partition coefficient (Wildman–Crippen LogP) is 8.57. The normalized spacial score (nSPS) is 17.4. The molecule has 2 saturated heterocycles. The van der Waals surface area contributed by atoms with E-state index in [1.54, 1.807) is 4.90 Å². The lowest BCUT2D eigenvalue weighted by atomic mass is 9.85. The van der Waals surface area contributed by atoms with Crippen LogP contribution < -0.4 is 19.9 Å². The lowest BCUT2D eigenvalue weighted by molar-refractivity contribution is -0.141. The van der Waals surface area contributed by atoms with Crippen LogP contribution in [0.4, 0.5) is 46.5 Å². The highest BCUT2D eigenvalue weighted by molar-refractivity contribution is 7.81. The molecule has 3 amide bonds. The van der Waals surface area contributed by atoms with Crippen molar-refractivity contribution in [3.05, 3.63) is 70.9 Å². The van der Waals surface area contributed by atoms with E-state index in [2.05, 4.69) is 10.3 Å². The van der Waals surface area contributed by atoms with Gasteiger partial charge in [-0.3, -0.25) is 24.3 Å². The van der Waals surface area contributed by atoms with Gasteiger partial charge in [0.15, 0.2) is 16.7 Å². The highest BCUT2D eigenvalue weighted by atomic mass is 32.1. The molecule has 2 aliphatic rings. The van der Waals surface area contributed by atoms with E-state index >= 15 is 8.78 Å². The molecule has 334 valence electrons. The zero-order chi connectivity index (χ0) is 46.1. The number of carbonyl (C=O) groups is 3. The van der Waals surface area contributed by atoms with Crippen molar-refractivity contribution in [2.24, 2.45) is 5.41 Å². The smallest absolute Gasteiger partial charge is 0.420 e. The molecule has 1 N–H and O–H groups in total. The summed E-state index contributed by atoms with van der Waals surface area (Å²) >= 11 is 5.36. The Labute approximate surface area is 357 Å². The van der Waals surface area contributed by atoms with Gasteiger partial charge >= 0.3 is 12.4 Å². The van der Waals surface area contributed by atoms with Crippen molar-refractivity contribution in [3.8, 4) is 23.1 Å². The van der Waals surface area contributed by atoms with E-state index in [0.717, 1.165) is 42.1 Å². The van der Waals surface area contributed by atoms with Gasteiger partial charge in [-0.2, -0.15) is 31.6 Å². The molecule has 0 bridgehead atoms. The molecular weight excluding hydrogens is 853 g/mol. The van der Waals surface area contributed by atoms with E-state index < -0.39 is 91.5 Å². The standard InChI is InChI=1S/C42H44F8N6O5S/c1-23-10-9-15-54(23)36(58)35(39(2,3)4)53-31(57)22-60-16-7-8-17-61-26-12-13-27(28(19-26)41(45,46)47)34-29(43)18-25(21-52-34)56-38(62)55(37(59)40(56,5)6)30-14-11-24(20-51)32(33(30)44)42(48,49)50/h11-14,18-19,21,23,35H,7-10,15-17,22H2,1-6H3,(H,53,57). The van der Waals surface area contributed by atoms with E-state index in [1.165, 1.54) is 26.0 Å². The Morgan fingerprint density at radius 1 is 1.03 bits per heavy atom. The van der Waals surface area contributed by atoms with Gasteiger partial charge in [-0.15, -0.1) is 0 Å². The maximum absolute atomic E-state index is 15.8. The zero-order valence-corrected chi connectivity index (χ0v) is 35.4. The van der Waals surface area contributed by atoms with Crippen LogP contribution in [-0.4, -0.2) is 76.7 Å². The molecule has 2 unspecified atom stereocenters. The van der Waals surface area contributed by atoms with Crippen LogP contribution in [0.3, 0.4) is 0 Å². The number of anilines is 2. The first-order chi connectivity index (χ1) is 28.8. The second-order valence-electron chi connectivity index (χ2n) is 16.5. The predicted molar refractivity (Wildman–Crippen MR) is 215 cm³/mol. The molecular formula is C42H44F8N6O5S. The van der Waals surface area contributed by atoms with E-state index in [4.69, 9.17) is 27.0 Å². The molecule has 0 aliphatic carbocycles. The number of nitriles is 1. The van der Waals surface area contributed by atoms with Gasteiger partial charge in [-0.1, -0.05) is 20.8 Å². The second-order valence-corrected chi connectivity index (χ2v) is 16.8. The molecule has 3 aromatic rings. The van der Waals surface area contributed by atoms with Gasteiger partial charge in [0.1, 0.15) is 35.2 Å². The molecule has 0 spiro atoms. The quantitative estimate of drug-likeness (QED) is 0.102. The summed E-state index contributed by atoms with van der Waals surface area (Å²) in [5.74, 6) is -5.06. The molecule has 3 heterocycles. The van der Waals surface area contributed by atoms with E-state index in [1.807, 2.05) is 27.7 Å². The van der Waals surface area contributed by atoms with Gasteiger partial charge in [0.05, 0.1) is 41.4 Å². The maximum atomic E-state index is 15.8. The number of amides is 3. The Balaban J connectivity index is 1.23. The lowest BCUT2D eigenvalue weighted by Crippen LogP contribution is -2.56. The van der Waals surface area contributed by atoms with Crippen LogP contribution in [0.15, 0.2) is 42.6 Å². The van der Waals surface area contributed by atoms with Gasteiger partial charge in [-0.25, -0.2) is 8.78 Å². The lowest BCUT2D eigenvalue weighted by Gasteiger charge is -2.35. The van der Waals surface area contributed by atoms with E-state index in [-0.39, 0.29) is 43.2 Å². The Morgan fingerprint density at radius 2 is 1.71 bits per heavy atom. The minimum atomic E-state index is -5.32. The van der Waals surface area contributed by atoms with Crippen LogP contribution in [-0.2, 0) is 31.5 Å². The highest BCUT2D eigenvalue weighted by Crippen LogP contribution is 2.44. The van der Waals surface area contributed by atoms with E-state index in [0.29, 0.717) is 36.4 Å². The summed E-state index contributed by atoms with van der Waals surface area (Å²) < 4.78 is 127. The number of hydrogen-bond acceptors (Lipinski definition) is 8.